The van der Waals surface area contributed by atoms with Crippen LogP contribution in [-0.2, 0) is 6.54 Å². The Labute approximate surface area is 110 Å². The van der Waals surface area contributed by atoms with E-state index in [0.29, 0.717) is 5.41 Å². The highest BCUT2D eigenvalue weighted by molar-refractivity contribution is 5.50. The van der Waals surface area contributed by atoms with Crippen LogP contribution in [0.15, 0.2) is 18.2 Å². The minimum Gasteiger partial charge on any atom is -0.497 e. The van der Waals surface area contributed by atoms with Gasteiger partial charge in [0.1, 0.15) is 5.75 Å². The predicted molar refractivity (Wildman–Crippen MR) is 75.7 cm³/mol. The van der Waals surface area contributed by atoms with Gasteiger partial charge in [0.05, 0.1) is 7.11 Å². The molecule has 0 saturated carbocycles. The standard InChI is InChI=1S/C15H24N2O/c1-15(2)7-4-8-17(11-15)10-12-9-13(18-3)5-6-14(12)16/h5-6,9H,4,7-8,10-11,16H2,1-3H3. The van der Waals surface area contributed by atoms with Crippen molar-refractivity contribution in [1.82, 2.24) is 4.90 Å². The second-order valence-electron chi connectivity index (χ2n) is 6.04. The average Bonchev–Trinajstić information content (AvgIpc) is 2.31. The Morgan fingerprint density at radius 3 is 2.83 bits per heavy atom. The van der Waals surface area contributed by atoms with Gasteiger partial charge in [-0.15, -0.1) is 0 Å². The summed E-state index contributed by atoms with van der Waals surface area (Å²) in [5, 5.41) is 0. The zero-order valence-electron chi connectivity index (χ0n) is 11.7. The van der Waals surface area contributed by atoms with E-state index in [-0.39, 0.29) is 0 Å². The van der Waals surface area contributed by atoms with Gasteiger partial charge in [-0.3, -0.25) is 4.90 Å². The Hall–Kier alpha value is -1.22. The summed E-state index contributed by atoms with van der Waals surface area (Å²) in [6, 6.07) is 5.90. The first-order chi connectivity index (χ1) is 8.50. The fourth-order valence-corrected chi connectivity index (χ4v) is 2.77. The van der Waals surface area contributed by atoms with E-state index >= 15 is 0 Å². The third-order valence-corrected chi connectivity index (χ3v) is 3.72. The molecule has 2 N–H and O–H groups in total. The number of anilines is 1. The molecule has 0 radical (unpaired) electrons. The van der Waals surface area contributed by atoms with Crippen LogP contribution in [0.2, 0.25) is 0 Å². The van der Waals surface area contributed by atoms with E-state index in [9.17, 15) is 0 Å². The Morgan fingerprint density at radius 2 is 2.17 bits per heavy atom. The molecule has 0 unspecified atom stereocenters. The molecule has 1 saturated heterocycles. The van der Waals surface area contributed by atoms with Crippen molar-refractivity contribution in [3.05, 3.63) is 23.8 Å². The first kappa shape index (κ1) is 13.2. The van der Waals surface area contributed by atoms with Crippen LogP contribution in [0, 0.1) is 5.41 Å². The number of nitrogen functional groups attached to an aromatic ring is 1. The predicted octanol–water partition coefficient (Wildman–Crippen LogP) is 2.90. The summed E-state index contributed by atoms with van der Waals surface area (Å²) in [7, 11) is 1.69. The zero-order chi connectivity index (χ0) is 13.2. The van der Waals surface area contributed by atoms with E-state index in [1.807, 2.05) is 12.1 Å². The number of hydrogen-bond acceptors (Lipinski definition) is 3. The molecule has 0 bridgehead atoms. The molecule has 3 nitrogen and oxygen atoms in total. The lowest BCUT2D eigenvalue weighted by Crippen LogP contribution is -2.39. The monoisotopic (exact) mass is 248 g/mol. The number of rotatable bonds is 3. The van der Waals surface area contributed by atoms with Crippen molar-refractivity contribution in [2.24, 2.45) is 5.41 Å². The first-order valence-corrected chi connectivity index (χ1v) is 6.65. The van der Waals surface area contributed by atoms with E-state index < -0.39 is 0 Å². The first-order valence-electron chi connectivity index (χ1n) is 6.65. The molecule has 0 atom stereocenters. The Kier molecular flexibility index (Phi) is 3.81. The van der Waals surface area contributed by atoms with Crippen LogP contribution in [-0.4, -0.2) is 25.1 Å². The van der Waals surface area contributed by atoms with Gasteiger partial charge in [-0.1, -0.05) is 13.8 Å². The largest absolute Gasteiger partial charge is 0.497 e. The van der Waals surface area contributed by atoms with Gasteiger partial charge in [-0.2, -0.15) is 0 Å². The molecule has 3 heteroatoms. The molecule has 100 valence electrons. The van der Waals surface area contributed by atoms with Gasteiger partial charge in [0.25, 0.3) is 0 Å². The number of nitrogens with two attached hydrogens (primary N) is 1. The lowest BCUT2D eigenvalue weighted by Gasteiger charge is -2.38. The smallest absolute Gasteiger partial charge is 0.119 e. The minimum atomic E-state index is 0.422. The molecule has 0 aliphatic carbocycles. The lowest BCUT2D eigenvalue weighted by molar-refractivity contribution is 0.112. The summed E-state index contributed by atoms with van der Waals surface area (Å²) < 4.78 is 5.27. The Morgan fingerprint density at radius 1 is 1.39 bits per heavy atom. The summed E-state index contributed by atoms with van der Waals surface area (Å²) in [5.41, 5.74) is 8.50. The topological polar surface area (TPSA) is 38.5 Å². The third-order valence-electron chi connectivity index (χ3n) is 3.72. The van der Waals surface area contributed by atoms with E-state index in [1.165, 1.54) is 24.9 Å². The molecular weight excluding hydrogens is 224 g/mol. The maximum atomic E-state index is 6.05. The van der Waals surface area contributed by atoms with Crippen molar-refractivity contribution in [1.29, 1.82) is 0 Å². The molecule has 1 aliphatic heterocycles. The van der Waals surface area contributed by atoms with Crippen molar-refractivity contribution in [3.8, 4) is 5.75 Å². The van der Waals surface area contributed by atoms with E-state index in [0.717, 1.165) is 24.5 Å². The third kappa shape index (κ3) is 3.16. The fraction of sp³-hybridized carbons (Fsp3) is 0.600. The zero-order valence-corrected chi connectivity index (χ0v) is 11.7. The summed E-state index contributed by atoms with van der Waals surface area (Å²) in [6.07, 6.45) is 2.59. The van der Waals surface area contributed by atoms with Crippen LogP contribution in [0.1, 0.15) is 32.3 Å². The highest BCUT2D eigenvalue weighted by Gasteiger charge is 2.26. The minimum absolute atomic E-state index is 0.422. The molecule has 1 aliphatic rings. The quantitative estimate of drug-likeness (QED) is 0.836. The second kappa shape index (κ2) is 5.19. The average molecular weight is 248 g/mol. The van der Waals surface area contributed by atoms with Gasteiger partial charge in [-0.05, 0) is 48.6 Å². The van der Waals surface area contributed by atoms with E-state index in [2.05, 4.69) is 24.8 Å². The highest BCUT2D eigenvalue weighted by atomic mass is 16.5. The second-order valence-corrected chi connectivity index (χ2v) is 6.04. The molecule has 0 amide bonds. The van der Waals surface area contributed by atoms with Crippen LogP contribution in [0.3, 0.4) is 0 Å². The normalized spacial score (nSPS) is 19.7. The maximum Gasteiger partial charge on any atom is 0.119 e. The molecule has 1 aromatic rings. The van der Waals surface area contributed by atoms with Gasteiger partial charge in [0, 0.05) is 18.8 Å². The summed E-state index contributed by atoms with van der Waals surface area (Å²) >= 11 is 0. The summed E-state index contributed by atoms with van der Waals surface area (Å²) in [4.78, 5) is 2.49. The number of likely N-dealkylation sites (tertiary alicyclic amines) is 1. The molecular formula is C15H24N2O. The number of hydrogen-bond donors (Lipinski definition) is 1. The van der Waals surface area contributed by atoms with Gasteiger partial charge in [0.15, 0.2) is 0 Å². The van der Waals surface area contributed by atoms with Crippen LogP contribution >= 0.6 is 0 Å². The van der Waals surface area contributed by atoms with Gasteiger partial charge >= 0.3 is 0 Å². The van der Waals surface area contributed by atoms with Crippen molar-refractivity contribution < 1.29 is 4.74 Å². The Balaban J connectivity index is 2.09. The fourth-order valence-electron chi connectivity index (χ4n) is 2.77. The molecule has 1 heterocycles. The number of ether oxygens (including phenoxy) is 1. The van der Waals surface area contributed by atoms with Crippen molar-refractivity contribution in [3.63, 3.8) is 0 Å². The van der Waals surface area contributed by atoms with Crippen molar-refractivity contribution in [2.75, 3.05) is 25.9 Å². The molecule has 0 spiro atoms. The van der Waals surface area contributed by atoms with Crippen LogP contribution in [0.5, 0.6) is 5.75 Å². The van der Waals surface area contributed by atoms with Gasteiger partial charge < -0.3 is 10.5 Å². The Bertz CT molecular complexity index is 415. The molecule has 2 rings (SSSR count). The molecule has 1 aromatic carbocycles. The molecule has 0 aromatic heterocycles. The van der Waals surface area contributed by atoms with Crippen molar-refractivity contribution in [2.45, 2.75) is 33.2 Å². The van der Waals surface area contributed by atoms with Crippen LogP contribution < -0.4 is 10.5 Å². The SMILES string of the molecule is COc1ccc(N)c(CN2CCCC(C)(C)C2)c1. The highest BCUT2D eigenvalue weighted by Crippen LogP contribution is 2.30. The summed E-state index contributed by atoms with van der Waals surface area (Å²) in [6.45, 7) is 7.92. The van der Waals surface area contributed by atoms with Gasteiger partial charge in [0.2, 0.25) is 0 Å². The molecule has 1 fully saturated rings. The lowest BCUT2D eigenvalue weighted by atomic mass is 9.84. The number of benzene rings is 1. The number of nitrogens with zero attached hydrogens (tertiary/aromatic N) is 1. The van der Waals surface area contributed by atoms with Crippen LogP contribution in [0.25, 0.3) is 0 Å². The molecule has 18 heavy (non-hydrogen) atoms. The van der Waals surface area contributed by atoms with E-state index in [4.69, 9.17) is 10.5 Å². The van der Waals surface area contributed by atoms with Gasteiger partial charge in [-0.25, -0.2) is 0 Å². The summed E-state index contributed by atoms with van der Waals surface area (Å²) in [5.74, 6) is 0.885. The number of methoxy groups -OCH3 is 1. The van der Waals surface area contributed by atoms with Crippen molar-refractivity contribution >= 4 is 5.69 Å². The van der Waals surface area contributed by atoms with Crippen LogP contribution in [0.4, 0.5) is 5.69 Å². The van der Waals surface area contributed by atoms with E-state index in [1.54, 1.807) is 7.11 Å². The maximum absolute atomic E-state index is 6.05. The number of piperidine rings is 1.